The lowest BCUT2D eigenvalue weighted by molar-refractivity contribution is 0.130. The van der Waals surface area contributed by atoms with Gasteiger partial charge in [0.15, 0.2) is 0 Å². The minimum atomic E-state index is -3.92. The van der Waals surface area contributed by atoms with E-state index in [1.165, 1.54) is 11.1 Å². The van der Waals surface area contributed by atoms with Crippen molar-refractivity contribution in [3.8, 4) is 0 Å². The molecule has 0 aromatic rings. The molecule has 0 aliphatic carbocycles. The molecule has 0 saturated heterocycles. The molecule has 5 heteroatoms. The minimum Gasteiger partial charge on any atom is -0.245 e. The van der Waals surface area contributed by atoms with Crippen molar-refractivity contribution in [2.75, 3.05) is 0 Å². The van der Waals surface area contributed by atoms with Crippen LogP contribution in [0.2, 0.25) is 0 Å². The summed E-state index contributed by atoms with van der Waals surface area (Å²) in [4.78, 5) is 0. The SMILES string of the molecule is CC(C)=CCCC(C)OS(=O)(=O)OC(C)CCC=C(C)C. The van der Waals surface area contributed by atoms with E-state index in [2.05, 4.69) is 12.2 Å². The molecule has 124 valence electrons. The summed E-state index contributed by atoms with van der Waals surface area (Å²) in [6, 6.07) is 0. The predicted octanol–water partition coefficient (Wildman–Crippen LogP) is 4.53. The van der Waals surface area contributed by atoms with Gasteiger partial charge in [-0.15, -0.1) is 0 Å². The Morgan fingerprint density at radius 1 is 0.857 bits per heavy atom. The van der Waals surface area contributed by atoms with Gasteiger partial charge in [0.1, 0.15) is 0 Å². The summed E-state index contributed by atoms with van der Waals surface area (Å²) in [5, 5.41) is 0. The van der Waals surface area contributed by atoms with Crippen LogP contribution in [-0.4, -0.2) is 20.6 Å². The maximum Gasteiger partial charge on any atom is 0.400 e. The van der Waals surface area contributed by atoms with Crippen molar-refractivity contribution in [2.24, 2.45) is 0 Å². The van der Waals surface area contributed by atoms with Crippen LogP contribution in [-0.2, 0) is 18.8 Å². The molecule has 2 unspecified atom stereocenters. The topological polar surface area (TPSA) is 52.6 Å². The van der Waals surface area contributed by atoms with E-state index in [9.17, 15) is 8.42 Å². The van der Waals surface area contributed by atoms with Gasteiger partial charge in [-0.2, -0.15) is 8.42 Å². The zero-order valence-corrected chi connectivity index (χ0v) is 15.0. The van der Waals surface area contributed by atoms with E-state index in [0.717, 1.165) is 12.8 Å². The number of rotatable bonds is 10. The largest absolute Gasteiger partial charge is 0.400 e. The van der Waals surface area contributed by atoms with Gasteiger partial charge in [-0.1, -0.05) is 23.3 Å². The first kappa shape index (κ1) is 20.3. The highest BCUT2D eigenvalue weighted by atomic mass is 32.3. The summed E-state index contributed by atoms with van der Waals surface area (Å²) in [5.41, 5.74) is 2.43. The van der Waals surface area contributed by atoms with Crippen molar-refractivity contribution in [1.82, 2.24) is 0 Å². The molecule has 0 aliphatic rings. The molecule has 2 atom stereocenters. The number of allylic oxidation sites excluding steroid dienone is 4. The first-order chi connectivity index (χ1) is 9.62. The lowest BCUT2D eigenvalue weighted by Crippen LogP contribution is -2.22. The van der Waals surface area contributed by atoms with Crippen LogP contribution in [0.25, 0.3) is 0 Å². The normalized spacial score (nSPS) is 14.4. The van der Waals surface area contributed by atoms with E-state index in [4.69, 9.17) is 8.37 Å². The fraction of sp³-hybridized carbons (Fsp3) is 0.750. The smallest absolute Gasteiger partial charge is 0.245 e. The lowest BCUT2D eigenvalue weighted by Gasteiger charge is -2.15. The molecule has 0 spiro atoms. The Labute approximate surface area is 130 Å². The second kappa shape index (κ2) is 10.1. The molecule has 0 radical (unpaired) electrons. The molecule has 0 bridgehead atoms. The van der Waals surface area contributed by atoms with Crippen LogP contribution in [0.15, 0.2) is 23.3 Å². The summed E-state index contributed by atoms with van der Waals surface area (Å²) in [5.74, 6) is 0. The molecule has 0 N–H and O–H groups in total. The van der Waals surface area contributed by atoms with Crippen molar-refractivity contribution in [2.45, 2.75) is 79.4 Å². The highest BCUT2D eigenvalue weighted by molar-refractivity contribution is 7.81. The molecular formula is C16H30O4S. The highest BCUT2D eigenvalue weighted by Gasteiger charge is 2.19. The summed E-state index contributed by atoms with van der Waals surface area (Å²) in [6.07, 6.45) is 6.28. The van der Waals surface area contributed by atoms with Gasteiger partial charge in [0.2, 0.25) is 0 Å². The summed E-state index contributed by atoms with van der Waals surface area (Å²) in [6.45, 7) is 11.5. The Hall–Kier alpha value is -0.650. The molecular weight excluding hydrogens is 288 g/mol. The first-order valence-electron chi connectivity index (χ1n) is 7.50. The molecule has 21 heavy (non-hydrogen) atoms. The van der Waals surface area contributed by atoms with Crippen LogP contribution in [0.1, 0.15) is 67.2 Å². The molecule has 0 aromatic carbocycles. The fourth-order valence-corrected chi connectivity index (χ4v) is 2.78. The van der Waals surface area contributed by atoms with Gasteiger partial charge in [0.05, 0.1) is 12.2 Å². The van der Waals surface area contributed by atoms with Crippen molar-refractivity contribution >= 4 is 10.4 Å². The van der Waals surface area contributed by atoms with Crippen LogP contribution in [0.4, 0.5) is 0 Å². The molecule has 0 fully saturated rings. The second-order valence-electron chi connectivity index (χ2n) is 5.94. The van der Waals surface area contributed by atoms with E-state index in [-0.39, 0.29) is 12.2 Å². The van der Waals surface area contributed by atoms with Crippen molar-refractivity contribution in [3.05, 3.63) is 23.3 Å². The molecule has 0 amide bonds. The van der Waals surface area contributed by atoms with Crippen molar-refractivity contribution in [1.29, 1.82) is 0 Å². The quantitative estimate of drug-likeness (QED) is 0.555. The first-order valence-corrected chi connectivity index (χ1v) is 8.84. The molecule has 0 heterocycles. The van der Waals surface area contributed by atoms with Gasteiger partial charge >= 0.3 is 10.4 Å². The number of hydrogen-bond donors (Lipinski definition) is 0. The Balaban J connectivity index is 4.17. The van der Waals surface area contributed by atoms with Gasteiger partial charge in [0.25, 0.3) is 0 Å². The summed E-state index contributed by atoms with van der Waals surface area (Å²) in [7, 11) is -3.92. The van der Waals surface area contributed by atoms with Crippen LogP contribution in [0.3, 0.4) is 0 Å². The summed E-state index contributed by atoms with van der Waals surface area (Å²) < 4.78 is 33.6. The number of hydrogen-bond acceptors (Lipinski definition) is 4. The molecule has 4 nitrogen and oxygen atoms in total. The molecule has 0 aromatic heterocycles. The fourth-order valence-electron chi connectivity index (χ4n) is 1.73. The van der Waals surface area contributed by atoms with Crippen LogP contribution in [0, 0.1) is 0 Å². The van der Waals surface area contributed by atoms with E-state index >= 15 is 0 Å². The zero-order chi connectivity index (χ0) is 16.5. The van der Waals surface area contributed by atoms with Gasteiger partial charge in [0, 0.05) is 0 Å². The van der Waals surface area contributed by atoms with E-state index in [0.29, 0.717) is 12.8 Å². The Morgan fingerprint density at radius 2 is 1.19 bits per heavy atom. The average Bonchev–Trinajstić information content (AvgIpc) is 2.25. The van der Waals surface area contributed by atoms with E-state index in [1.807, 2.05) is 27.7 Å². The zero-order valence-electron chi connectivity index (χ0n) is 14.2. The maximum atomic E-state index is 11.8. The third kappa shape index (κ3) is 12.8. The minimum absolute atomic E-state index is 0.379. The van der Waals surface area contributed by atoms with Crippen LogP contribution in [0.5, 0.6) is 0 Å². The van der Waals surface area contributed by atoms with E-state index in [1.54, 1.807) is 13.8 Å². The van der Waals surface area contributed by atoms with Crippen molar-refractivity contribution < 1.29 is 16.8 Å². The van der Waals surface area contributed by atoms with Gasteiger partial charge in [-0.3, -0.25) is 0 Å². The Morgan fingerprint density at radius 3 is 1.48 bits per heavy atom. The van der Waals surface area contributed by atoms with Gasteiger partial charge in [-0.25, -0.2) is 8.37 Å². The van der Waals surface area contributed by atoms with Crippen LogP contribution >= 0.6 is 0 Å². The van der Waals surface area contributed by atoms with Crippen LogP contribution < -0.4 is 0 Å². The molecule has 0 rings (SSSR count). The monoisotopic (exact) mass is 318 g/mol. The van der Waals surface area contributed by atoms with Crippen molar-refractivity contribution in [3.63, 3.8) is 0 Å². The molecule has 0 aliphatic heterocycles. The molecule has 0 saturated carbocycles. The third-order valence-electron chi connectivity index (χ3n) is 2.82. The average molecular weight is 318 g/mol. The van der Waals surface area contributed by atoms with E-state index < -0.39 is 10.4 Å². The summed E-state index contributed by atoms with van der Waals surface area (Å²) >= 11 is 0. The van der Waals surface area contributed by atoms with Gasteiger partial charge < -0.3 is 0 Å². The predicted molar refractivity (Wildman–Crippen MR) is 87.3 cm³/mol. The lowest BCUT2D eigenvalue weighted by atomic mass is 10.2. The highest BCUT2D eigenvalue weighted by Crippen LogP contribution is 2.13. The standard InChI is InChI=1S/C16H30O4S/c1-13(2)9-7-11-15(5)19-21(17,18)20-16(6)12-8-10-14(3)4/h9-10,15-16H,7-8,11-12H2,1-6H3. The third-order valence-corrected chi connectivity index (χ3v) is 3.94. The maximum absolute atomic E-state index is 11.8. The second-order valence-corrected chi connectivity index (χ2v) is 7.14. The Kier molecular flexibility index (Phi) is 9.83. The van der Waals surface area contributed by atoms with Gasteiger partial charge in [-0.05, 0) is 67.2 Å². The Bertz CT molecular complexity index is 405.